The zero-order valence-electron chi connectivity index (χ0n) is 23.0. The summed E-state index contributed by atoms with van der Waals surface area (Å²) in [6.45, 7) is 3.43. The van der Waals surface area contributed by atoms with Crippen LogP contribution in [0.25, 0.3) is 0 Å². The van der Waals surface area contributed by atoms with Gasteiger partial charge in [-0.05, 0) is 53.9 Å². The summed E-state index contributed by atoms with van der Waals surface area (Å²) in [7, 11) is 3.50. The average Bonchev–Trinajstić information content (AvgIpc) is 2.93. The third-order valence-electron chi connectivity index (χ3n) is 5.81. The van der Waals surface area contributed by atoms with Gasteiger partial charge in [-0.15, -0.1) is 0 Å². The van der Waals surface area contributed by atoms with Crippen molar-refractivity contribution in [3.05, 3.63) is 78.4 Å². The summed E-state index contributed by atoms with van der Waals surface area (Å²) < 4.78 is 12.9. The summed E-state index contributed by atoms with van der Waals surface area (Å²) in [5.41, 5.74) is 18.7. The number of nitrogens with zero attached hydrogens (tertiary/aromatic N) is 3. The van der Waals surface area contributed by atoms with Gasteiger partial charge in [0, 0.05) is 22.8 Å². The topological polar surface area (TPSA) is 152 Å². The summed E-state index contributed by atoms with van der Waals surface area (Å²) >= 11 is 1.79. The Kier molecular flexibility index (Phi) is 11.2. The van der Waals surface area contributed by atoms with E-state index < -0.39 is 12.1 Å². The highest BCUT2D eigenvalue weighted by molar-refractivity contribution is 7.99. The summed E-state index contributed by atoms with van der Waals surface area (Å²) in [5, 5.41) is 9.24. The molecule has 0 unspecified atom stereocenters. The molecule has 0 saturated carbocycles. The molecule has 4 rings (SSSR count). The van der Waals surface area contributed by atoms with E-state index in [0.29, 0.717) is 25.6 Å². The van der Waals surface area contributed by atoms with Gasteiger partial charge in [-0.3, -0.25) is 10.3 Å². The Morgan fingerprint density at radius 3 is 2.02 bits per heavy atom. The summed E-state index contributed by atoms with van der Waals surface area (Å²) in [5.74, 6) is 0.0959. The molecule has 0 radical (unpaired) electrons. The van der Waals surface area contributed by atoms with Gasteiger partial charge in [-0.2, -0.15) is 0 Å². The van der Waals surface area contributed by atoms with E-state index in [-0.39, 0.29) is 5.96 Å². The monoisotopic (exact) mass is 565 g/mol. The molecule has 0 fully saturated rings. The number of carbonyl (C=O) groups is 1. The van der Waals surface area contributed by atoms with Crippen molar-refractivity contribution in [1.29, 1.82) is 0 Å². The Bertz CT molecular complexity index is 1290. The van der Waals surface area contributed by atoms with Gasteiger partial charge >= 0.3 is 11.9 Å². The lowest BCUT2D eigenvalue weighted by atomic mass is 10.1. The SMILES string of the molecule is CCO[C@H](Cc1ccc(OCCN2c3ccccc3Sc3ccccc32)cc1)C(=O)O.C[N+](C)=C(N)N=C(N)N. The molecule has 11 heteroatoms. The number of para-hydroxylation sites is 2. The van der Waals surface area contributed by atoms with Gasteiger partial charge in [-0.1, -0.05) is 48.2 Å². The minimum Gasteiger partial charge on any atom is -0.492 e. The van der Waals surface area contributed by atoms with E-state index in [4.69, 9.17) is 26.7 Å². The van der Waals surface area contributed by atoms with E-state index in [9.17, 15) is 9.90 Å². The van der Waals surface area contributed by atoms with Crippen LogP contribution in [0.15, 0.2) is 87.6 Å². The molecule has 0 amide bonds. The molecule has 0 bridgehead atoms. The minimum atomic E-state index is -0.942. The molecular weight excluding hydrogens is 528 g/mol. The number of anilines is 2. The van der Waals surface area contributed by atoms with Crippen LogP contribution < -0.4 is 26.8 Å². The van der Waals surface area contributed by atoms with E-state index in [1.165, 1.54) is 21.2 Å². The minimum absolute atomic E-state index is 0.0267. The second-order valence-corrected chi connectivity index (χ2v) is 10.0. The van der Waals surface area contributed by atoms with Crippen molar-refractivity contribution in [3.8, 4) is 5.75 Å². The van der Waals surface area contributed by atoms with Gasteiger partial charge in [0.2, 0.25) is 0 Å². The highest BCUT2D eigenvalue weighted by Gasteiger charge is 2.22. The van der Waals surface area contributed by atoms with Crippen molar-refractivity contribution in [2.75, 3.05) is 38.8 Å². The Morgan fingerprint density at radius 2 is 1.55 bits per heavy atom. The van der Waals surface area contributed by atoms with Crippen molar-refractivity contribution >= 4 is 41.0 Å². The summed E-state index contributed by atoms with van der Waals surface area (Å²) in [6, 6.07) is 24.4. The van der Waals surface area contributed by atoms with Crippen LogP contribution >= 0.6 is 11.8 Å². The maximum atomic E-state index is 11.3. The molecule has 0 spiro atoms. The van der Waals surface area contributed by atoms with Crippen LogP contribution in [-0.2, 0) is 16.0 Å². The Hall–Kier alpha value is -4.22. The maximum Gasteiger partial charge on any atom is 0.387 e. The molecule has 40 heavy (non-hydrogen) atoms. The highest BCUT2D eigenvalue weighted by Crippen LogP contribution is 2.47. The number of aliphatic imine (C=N–C) groups is 1. The van der Waals surface area contributed by atoms with Crippen molar-refractivity contribution in [1.82, 2.24) is 0 Å². The van der Waals surface area contributed by atoms with Crippen molar-refractivity contribution in [2.24, 2.45) is 22.2 Å². The molecule has 0 aliphatic carbocycles. The van der Waals surface area contributed by atoms with Crippen LogP contribution in [-0.4, -0.2) is 67.5 Å². The predicted octanol–water partition coefficient (Wildman–Crippen LogP) is 3.25. The number of rotatable bonds is 9. The maximum absolute atomic E-state index is 11.3. The summed E-state index contributed by atoms with van der Waals surface area (Å²) in [6.07, 6.45) is -0.489. The van der Waals surface area contributed by atoms with Crippen molar-refractivity contribution in [3.63, 3.8) is 0 Å². The molecule has 212 valence electrons. The number of hydrogen-bond donors (Lipinski definition) is 4. The van der Waals surface area contributed by atoms with Crippen LogP contribution in [0, 0.1) is 0 Å². The zero-order chi connectivity index (χ0) is 29.1. The number of hydrogen-bond acceptors (Lipinski definition) is 5. The second kappa shape index (κ2) is 14.8. The fourth-order valence-corrected chi connectivity index (χ4v) is 4.96. The third-order valence-corrected chi connectivity index (χ3v) is 6.94. The molecule has 0 aromatic heterocycles. The Balaban J connectivity index is 0.000000424. The first-order chi connectivity index (χ1) is 19.2. The predicted molar refractivity (Wildman–Crippen MR) is 160 cm³/mol. The number of fused-ring (bicyclic) bond motifs is 2. The first-order valence-electron chi connectivity index (χ1n) is 12.8. The normalized spacial score (nSPS) is 12.1. The van der Waals surface area contributed by atoms with Gasteiger partial charge < -0.3 is 30.9 Å². The Labute approximate surface area is 239 Å². The number of nitrogens with two attached hydrogens (primary N) is 3. The molecule has 3 aromatic rings. The van der Waals surface area contributed by atoms with Gasteiger partial charge in [-0.25, -0.2) is 4.79 Å². The van der Waals surface area contributed by atoms with Gasteiger partial charge in [0.25, 0.3) is 5.96 Å². The number of benzene rings is 3. The van der Waals surface area contributed by atoms with Crippen LogP contribution in [0.2, 0.25) is 0 Å². The third kappa shape index (κ3) is 8.65. The lowest BCUT2D eigenvalue weighted by molar-refractivity contribution is -0.466. The molecule has 7 N–H and O–H groups in total. The molecule has 10 nitrogen and oxygen atoms in total. The van der Waals surface area contributed by atoms with E-state index >= 15 is 0 Å². The van der Waals surface area contributed by atoms with Crippen molar-refractivity contribution < 1.29 is 24.0 Å². The number of ether oxygens (including phenoxy) is 2. The van der Waals surface area contributed by atoms with E-state index in [1.54, 1.807) is 37.4 Å². The van der Waals surface area contributed by atoms with Crippen LogP contribution in [0.4, 0.5) is 11.4 Å². The van der Waals surface area contributed by atoms with E-state index in [0.717, 1.165) is 17.9 Å². The highest BCUT2D eigenvalue weighted by atomic mass is 32.2. The quantitative estimate of drug-likeness (QED) is 0.174. The van der Waals surface area contributed by atoms with Crippen LogP contribution in [0.3, 0.4) is 0 Å². The lowest BCUT2D eigenvalue weighted by Gasteiger charge is -2.32. The lowest BCUT2D eigenvalue weighted by Crippen LogP contribution is -2.29. The molecule has 1 heterocycles. The summed E-state index contributed by atoms with van der Waals surface area (Å²) in [4.78, 5) is 19.6. The van der Waals surface area contributed by atoms with Gasteiger partial charge in [0.05, 0.1) is 32.0 Å². The number of guanidine groups is 2. The molecule has 3 aromatic carbocycles. The van der Waals surface area contributed by atoms with Crippen molar-refractivity contribution in [2.45, 2.75) is 29.2 Å². The Morgan fingerprint density at radius 1 is 0.975 bits per heavy atom. The average molecular weight is 566 g/mol. The molecule has 1 aliphatic heterocycles. The van der Waals surface area contributed by atoms with E-state index in [1.807, 2.05) is 24.3 Å². The molecular formula is C29H37N6O4S+. The number of carboxylic acid groups (broad SMARTS) is 1. The fourth-order valence-electron chi connectivity index (χ4n) is 3.86. The smallest absolute Gasteiger partial charge is 0.387 e. The first kappa shape index (κ1) is 30.3. The fraction of sp³-hybridized carbons (Fsp3) is 0.276. The number of aliphatic carboxylic acids is 1. The standard InChI is InChI=1S/C25H25NO4S.C4H11N5/c1-2-29-22(25(27)28)17-18-11-13-19(14-12-18)30-16-15-26-20-7-3-5-9-23(20)31-24-10-6-4-8-21(24)26;1-9(2)4(7)8-3(5)6/h3-14,22H,2,15-17H2,1H3,(H,27,28);1-2H3,(H5,5,6,7,8)/p+1/t22-;/m1./s1. The second-order valence-electron chi connectivity index (χ2n) is 8.96. The molecule has 0 saturated heterocycles. The zero-order valence-corrected chi connectivity index (χ0v) is 23.8. The first-order valence-corrected chi connectivity index (χ1v) is 13.6. The number of carboxylic acids is 1. The van der Waals surface area contributed by atoms with Gasteiger partial charge in [0.1, 0.15) is 12.4 Å². The molecule has 1 atom stereocenters. The largest absolute Gasteiger partial charge is 0.492 e. The van der Waals surface area contributed by atoms with Gasteiger partial charge in [0.15, 0.2) is 6.10 Å². The van der Waals surface area contributed by atoms with E-state index in [2.05, 4.69) is 58.4 Å². The van der Waals surface area contributed by atoms with Crippen LogP contribution in [0.5, 0.6) is 5.75 Å². The molecule has 1 aliphatic rings. The van der Waals surface area contributed by atoms with Crippen LogP contribution in [0.1, 0.15) is 12.5 Å².